The molecular formula is C31H42N4O5. The van der Waals surface area contributed by atoms with E-state index in [-0.39, 0.29) is 29.7 Å². The molecule has 40 heavy (non-hydrogen) atoms. The van der Waals surface area contributed by atoms with Crippen LogP contribution in [0.1, 0.15) is 64.6 Å². The van der Waals surface area contributed by atoms with Crippen LogP contribution in [0.25, 0.3) is 0 Å². The number of hydrogen-bond donors (Lipinski definition) is 3. The van der Waals surface area contributed by atoms with Gasteiger partial charge in [0.2, 0.25) is 17.7 Å². The molecular weight excluding hydrogens is 508 g/mol. The molecule has 0 saturated carbocycles. The summed E-state index contributed by atoms with van der Waals surface area (Å²) < 4.78 is 5.39. The number of likely N-dealkylation sites (tertiary alicyclic amines) is 1. The predicted molar refractivity (Wildman–Crippen MR) is 153 cm³/mol. The number of benzene rings is 2. The third kappa shape index (κ3) is 9.39. The van der Waals surface area contributed by atoms with Gasteiger partial charge in [0.25, 0.3) is 0 Å². The highest BCUT2D eigenvalue weighted by atomic mass is 16.6. The van der Waals surface area contributed by atoms with E-state index in [0.717, 1.165) is 11.1 Å². The third-order valence-electron chi connectivity index (χ3n) is 6.86. The highest BCUT2D eigenvalue weighted by Crippen LogP contribution is 2.20. The Balaban J connectivity index is 1.53. The second-order valence-corrected chi connectivity index (χ2v) is 11.4. The number of piperidine rings is 1. The smallest absolute Gasteiger partial charge is 0.408 e. The molecule has 0 unspecified atom stereocenters. The van der Waals surface area contributed by atoms with Crippen LogP contribution in [0, 0.1) is 5.92 Å². The normalized spacial score (nSPS) is 16.3. The zero-order valence-electron chi connectivity index (χ0n) is 24.1. The monoisotopic (exact) mass is 550 g/mol. The van der Waals surface area contributed by atoms with E-state index in [1.54, 1.807) is 32.6 Å². The fraction of sp³-hybridized carbons (Fsp3) is 0.484. The number of nitrogens with one attached hydrogen (secondary N) is 3. The van der Waals surface area contributed by atoms with Crippen LogP contribution in [0.2, 0.25) is 0 Å². The summed E-state index contributed by atoms with van der Waals surface area (Å²) in [5, 5.41) is 8.51. The van der Waals surface area contributed by atoms with Crippen molar-refractivity contribution < 1.29 is 23.9 Å². The number of carbonyl (C=O) groups excluding carboxylic acids is 4. The average Bonchev–Trinajstić information content (AvgIpc) is 2.92. The van der Waals surface area contributed by atoms with Crippen molar-refractivity contribution in [2.45, 2.75) is 77.6 Å². The Kier molecular flexibility index (Phi) is 10.7. The minimum Gasteiger partial charge on any atom is -0.444 e. The predicted octanol–water partition coefficient (Wildman–Crippen LogP) is 3.74. The van der Waals surface area contributed by atoms with Crippen LogP contribution in [0.3, 0.4) is 0 Å². The van der Waals surface area contributed by atoms with Crippen LogP contribution >= 0.6 is 0 Å². The second-order valence-electron chi connectivity index (χ2n) is 11.4. The fourth-order valence-corrected chi connectivity index (χ4v) is 4.64. The molecule has 9 heteroatoms. The number of rotatable bonds is 9. The largest absolute Gasteiger partial charge is 0.444 e. The van der Waals surface area contributed by atoms with Gasteiger partial charge in [-0.15, -0.1) is 0 Å². The van der Waals surface area contributed by atoms with Crippen LogP contribution < -0.4 is 16.0 Å². The molecule has 4 amide bonds. The lowest BCUT2D eigenvalue weighted by atomic mass is 9.94. The van der Waals surface area contributed by atoms with Crippen molar-refractivity contribution in [3.8, 4) is 0 Å². The van der Waals surface area contributed by atoms with Crippen molar-refractivity contribution in [3.63, 3.8) is 0 Å². The molecule has 1 aliphatic rings. The number of alkyl carbamates (subject to hydrolysis) is 1. The molecule has 0 bridgehead atoms. The molecule has 1 aliphatic heterocycles. The topological polar surface area (TPSA) is 117 Å². The van der Waals surface area contributed by atoms with E-state index in [0.29, 0.717) is 32.4 Å². The van der Waals surface area contributed by atoms with Crippen LogP contribution in [0.4, 0.5) is 4.79 Å². The Hall–Kier alpha value is -3.88. The summed E-state index contributed by atoms with van der Waals surface area (Å²) in [6.07, 6.45) is 0.617. The van der Waals surface area contributed by atoms with Gasteiger partial charge in [0.05, 0.1) is 6.04 Å². The maximum atomic E-state index is 13.5. The lowest BCUT2D eigenvalue weighted by molar-refractivity contribution is -0.138. The van der Waals surface area contributed by atoms with Gasteiger partial charge in [-0.25, -0.2) is 4.79 Å². The highest BCUT2D eigenvalue weighted by molar-refractivity contribution is 5.89. The number of carbonyl (C=O) groups is 4. The van der Waals surface area contributed by atoms with Gasteiger partial charge in [0, 0.05) is 25.4 Å². The molecule has 0 aromatic heterocycles. The van der Waals surface area contributed by atoms with Gasteiger partial charge in [0.15, 0.2) is 0 Å². The summed E-state index contributed by atoms with van der Waals surface area (Å²) in [5.41, 5.74) is 1.21. The van der Waals surface area contributed by atoms with Gasteiger partial charge in [-0.05, 0) is 58.6 Å². The molecule has 3 N–H and O–H groups in total. The zero-order chi connectivity index (χ0) is 29.3. The molecule has 1 fully saturated rings. The summed E-state index contributed by atoms with van der Waals surface area (Å²) in [6.45, 7) is 9.63. The third-order valence-corrected chi connectivity index (χ3v) is 6.86. The van der Waals surface area contributed by atoms with E-state index in [1.165, 1.54) is 0 Å². The van der Waals surface area contributed by atoms with Gasteiger partial charge in [-0.1, -0.05) is 60.7 Å². The van der Waals surface area contributed by atoms with Crippen LogP contribution in [-0.4, -0.2) is 59.5 Å². The first-order valence-electron chi connectivity index (χ1n) is 13.9. The minimum atomic E-state index is -0.794. The molecule has 2 aromatic rings. The van der Waals surface area contributed by atoms with Gasteiger partial charge in [0.1, 0.15) is 17.7 Å². The van der Waals surface area contributed by atoms with Gasteiger partial charge < -0.3 is 25.6 Å². The molecule has 1 saturated heterocycles. The maximum absolute atomic E-state index is 13.5. The maximum Gasteiger partial charge on any atom is 0.408 e. The van der Waals surface area contributed by atoms with E-state index in [1.807, 2.05) is 67.6 Å². The number of hydrogen-bond acceptors (Lipinski definition) is 5. The lowest BCUT2D eigenvalue weighted by Gasteiger charge is -2.34. The van der Waals surface area contributed by atoms with E-state index in [2.05, 4.69) is 16.0 Å². The summed E-state index contributed by atoms with van der Waals surface area (Å²) in [7, 11) is 0. The molecule has 1 heterocycles. The van der Waals surface area contributed by atoms with Crippen molar-refractivity contribution >= 4 is 23.8 Å². The molecule has 2 aromatic carbocycles. The average molecular weight is 551 g/mol. The summed E-state index contributed by atoms with van der Waals surface area (Å²) in [5.74, 6) is -0.974. The zero-order valence-corrected chi connectivity index (χ0v) is 24.1. The quantitative estimate of drug-likeness (QED) is 0.440. The van der Waals surface area contributed by atoms with Crippen LogP contribution in [0.15, 0.2) is 60.7 Å². The van der Waals surface area contributed by atoms with Crippen molar-refractivity contribution in [3.05, 3.63) is 71.8 Å². The van der Waals surface area contributed by atoms with Crippen molar-refractivity contribution in [1.82, 2.24) is 20.9 Å². The number of amides is 4. The van der Waals surface area contributed by atoms with Crippen molar-refractivity contribution in [2.24, 2.45) is 5.92 Å². The first-order valence-corrected chi connectivity index (χ1v) is 13.9. The van der Waals surface area contributed by atoms with Gasteiger partial charge >= 0.3 is 6.09 Å². The summed E-state index contributed by atoms with van der Waals surface area (Å²) in [6, 6.07) is 17.5. The van der Waals surface area contributed by atoms with E-state index < -0.39 is 23.8 Å². The van der Waals surface area contributed by atoms with E-state index >= 15 is 0 Å². The number of ether oxygens (including phenoxy) is 1. The highest BCUT2D eigenvalue weighted by Gasteiger charge is 2.33. The van der Waals surface area contributed by atoms with Crippen molar-refractivity contribution in [1.29, 1.82) is 0 Å². The lowest BCUT2D eigenvalue weighted by Crippen LogP contribution is -2.54. The Morgan fingerprint density at radius 1 is 0.875 bits per heavy atom. The van der Waals surface area contributed by atoms with Crippen LogP contribution in [-0.2, 0) is 25.5 Å². The molecule has 3 rings (SSSR count). The first kappa shape index (κ1) is 30.7. The van der Waals surface area contributed by atoms with E-state index in [4.69, 9.17) is 4.74 Å². The summed E-state index contributed by atoms with van der Waals surface area (Å²) >= 11 is 0. The molecule has 0 radical (unpaired) electrons. The molecule has 216 valence electrons. The first-order chi connectivity index (χ1) is 18.9. The summed E-state index contributed by atoms with van der Waals surface area (Å²) in [4.78, 5) is 53.3. The fourth-order valence-electron chi connectivity index (χ4n) is 4.64. The SMILES string of the molecule is C[C@H](NC(=O)C1CCN(C(=O)[C@H](Cc2ccccc2)NC(=O)OC(C)(C)C)CC1)C(=O)N[C@@H](C)c1ccccc1. The molecule has 9 nitrogen and oxygen atoms in total. The van der Waals surface area contributed by atoms with Crippen LogP contribution in [0.5, 0.6) is 0 Å². The minimum absolute atomic E-state index is 0.180. The Morgan fingerprint density at radius 3 is 2.02 bits per heavy atom. The Labute approximate surface area is 237 Å². The van der Waals surface area contributed by atoms with Gasteiger partial charge in [-0.2, -0.15) is 0 Å². The van der Waals surface area contributed by atoms with E-state index in [9.17, 15) is 19.2 Å². The van der Waals surface area contributed by atoms with Gasteiger partial charge in [-0.3, -0.25) is 14.4 Å². The second kappa shape index (κ2) is 14.0. The van der Waals surface area contributed by atoms with Crippen molar-refractivity contribution in [2.75, 3.05) is 13.1 Å². The Bertz CT molecular complexity index is 1140. The number of nitrogens with zero attached hydrogens (tertiary/aromatic N) is 1. The standard InChI is InChI=1S/C31H42N4O5/c1-21(24-14-10-7-11-15-24)32-27(36)22(2)33-28(37)25-16-18-35(19-17-25)29(38)26(20-23-12-8-6-9-13-23)34-30(39)40-31(3,4)5/h6-15,21-22,25-26H,16-20H2,1-5H3,(H,32,36)(H,33,37)(H,34,39)/t21-,22-,26-/m0/s1. The molecule has 3 atom stereocenters. The molecule has 0 aliphatic carbocycles. The molecule has 0 spiro atoms. The Morgan fingerprint density at radius 2 is 1.45 bits per heavy atom.